The first-order valence-electron chi connectivity index (χ1n) is 9.51. The van der Waals surface area contributed by atoms with E-state index in [0.717, 1.165) is 36.6 Å². The van der Waals surface area contributed by atoms with Crippen LogP contribution in [0, 0.1) is 0 Å². The average molecular weight is 463 g/mol. The van der Waals surface area contributed by atoms with Gasteiger partial charge in [0.05, 0.1) is 29.9 Å². The first kappa shape index (κ1) is 21.1. The highest BCUT2D eigenvalue weighted by Gasteiger charge is 2.23. The van der Waals surface area contributed by atoms with Crippen LogP contribution < -0.4 is 9.46 Å². The highest BCUT2D eigenvalue weighted by atomic mass is 35.5. The van der Waals surface area contributed by atoms with Gasteiger partial charge in [-0.05, 0) is 36.8 Å². The topological polar surface area (TPSA) is 121 Å². The molecule has 4 rings (SSSR count). The van der Waals surface area contributed by atoms with E-state index in [0.29, 0.717) is 5.75 Å². The number of aliphatic imine (C=N–C) groups is 2. The molecule has 11 heteroatoms. The van der Waals surface area contributed by atoms with E-state index >= 15 is 0 Å². The molecular weight excluding hydrogens is 444 g/mol. The lowest BCUT2D eigenvalue weighted by Crippen LogP contribution is -2.36. The standard InChI is InChI=1S/C20H19ClN4O5S/c21-19-16(24-31(28,29)10-7-18(26)27)3-1-4-17(19)30-13-5-6-15-14(11-13)20-22-8-2-9-25(20)12-23-15/h1,3-6,11-12,24H,2,7-10H2,(H,26,27). The van der Waals surface area contributed by atoms with Gasteiger partial charge in [0.2, 0.25) is 10.0 Å². The minimum Gasteiger partial charge on any atom is -0.481 e. The van der Waals surface area contributed by atoms with Crippen LogP contribution in [-0.4, -0.2) is 55.4 Å². The summed E-state index contributed by atoms with van der Waals surface area (Å²) < 4.78 is 32.5. The van der Waals surface area contributed by atoms with Crippen molar-refractivity contribution in [2.45, 2.75) is 12.8 Å². The van der Waals surface area contributed by atoms with Crippen LogP contribution in [0.5, 0.6) is 11.5 Å². The fourth-order valence-corrected chi connectivity index (χ4v) is 4.53. The summed E-state index contributed by atoms with van der Waals surface area (Å²) in [6, 6.07) is 10.1. The third-order valence-corrected chi connectivity index (χ3v) is 6.34. The fourth-order valence-electron chi connectivity index (χ4n) is 3.21. The Morgan fingerprint density at radius 3 is 2.94 bits per heavy atom. The lowest BCUT2D eigenvalue weighted by molar-refractivity contribution is -0.136. The van der Waals surface area contributed by atoms with Crippen molar-refractivity contribution in [3.05, 3.63) is 47.0 Å². The van der Waals surface area contributed by atoms with Crippen LogP contribution in [0.25, 0.3) is 0 Å². The number of amidine groups is 1. The maximum absolute atomic E-state index is 12.1. The van der Waals surface area contributed by atoms with E-state index in [1.807, 2.05) is 17.0 Å². The molecule has 0 bridgehead atoms. The Bertz CT molecular complexity index is 1200. The number of hydrogen-bond acceptors (Lipinski definition) is 7. The Labute approximate surface area is 184 Å². The van der Waals surface area contributed by atoms with Crippen LogP contribution >= 0.6 is 11.6 Å². The van der Waals surface area contributed by atoms with Gasteiger partial charge in [0.25, 0.3) is 0 Å². The molecule has 0 saturated carbocycles. The van der Waals surface area contributed by atoms with Gasteiger partial charge in [-0.2, -0.15) is 0 Å². The number of nitrogens with one attached hydrogen (secondary N) is 1. The van der Waals surface area contributed by atoms with Gasteiger partial charge in [-0.1, -0.05) is 17.7 Å². The van der Waals surface area contributed by atoms with E-state index < -0.39 is 28.2 Å². The summed E-state index contributed by atoms with van der Waals surface area (Å²) in [6.07, 6.45) is 2.23. The number of sulfonamides is 1. The predicted molar refractivity (Wildman–Crippen MR) is 119 cm³/mol. The van der Waals surface area contributed by atoms with Crippen molar-refractivity contribution < 1.29 is 23.1 Å². The van der Waals surface area contributed by atoms with Crippen molar-refractivity contribution in [2.75, 3.05) is 23.6 Å². The number of ether oxygens (including phenoxy) is 1. The summed E-state index contributed by atoms with van der Waals surface area (Å²) in [7, 11) is -3.88. The Balaban J connectivity index is 1.57. The van der Waals surface area contributed by atoms with Gasteiger partial charge >= 0.3 is 5.97 Å². The van der Waals surface area contributed by atoms with Crippen LogP contribution in [0.1, 0.15) is 18.4 Å². The number of carboxylic acids is 1. The fraction of sp³-hybridized carbons (Fsp3) is 0.250. The number of anilines is 1. The number of hydrogen-bond donors (Lipinski definition) is 2. The van der Waals surface area contributed by atoms with Gasteiger partial charge in [-0.15, -0.1) is 0 Å². The van der Waals surface area contributed by atoms with Crippen LogP contribution in [0.15, 0.2) is 46.4 Å². The summed E-state index contributed by atoms with van der Waals surface area (Å²) in [5.74, 6) is -0.175. The van der Waals surface area contributed by atoms with E-state index in [-0.39, 0.29) is 16.5 Å². The van der Waals surface area contributed by atoms with Gasteiger partial charge in [0, 0.05) is 18.7 Å². The number of nitrogens with zero attached hydrogens (tertiary/aromatic N) is 3. The van der Waals surface area contributed by atoms with Crippen molar-refractivity contribution in [2.24, 2.45) is 9.98 Å². The first-order valence-corrected chi connectivity index (χ1v) is 11.5. The molecule has 0 unspecified atom stereocenters. The summed E-state index contributed by atoms with van der Waals surface area (Å²) >= 11 is 6.36. The van der Waals surface area contributed by atoms with Gasteiger partial charge in [0.1, 0.15) is 22.4 Å². The zero-order chi connectivity index (χ0) is 22.0. The number of rotatable bonds is 7. The molecule has 31 heavy (non-hydrogen) atoms. The van der Waals surface area contributed by atoms with Crippen LogP contribution in [0.2, 0.25) is 5.02 Å². The van der Waals surface area contributed by atoms with Crippen LogP contribution in [0.4, 0.5) is 11.4 Å². The Hall–Kier alpha value is -3.11. The lowest BCUT2D eigenvalue weighted by Gasteiger charge is -2.29. The summed E-state index contributed by atoms with van der Waals surface area (Å²) in [6.45, 7) is 1.60. The molecule has 0 aliphatic carbocycles. The zero-order valence-electron chi connectivity index (χ0n) is 16.3. The highest BCUT2D eigenvalue weighted by Crippen LogP contribution is 2.37. The normalized spacial score (nSPS) is 15.0. The molecule has 2 heterocycles. The van der Waals surface area contributed by atoms with Crippen molar-refractivity contribution in [3.63, 3.8) is 0 Å². The van der Waals surface area contributed by atoms with Crippen LogP contribution in [-0.2, 0) is 14.8 Å². The summed E-state index contributed by atoms with van der Waals surface area (Å²) in [5.41, 5.74) is 1.74. The number of fused-ring (bicyclic) bond motifs is 3. The highest BCUT2D eigenvalue weighted by molar-refractivity contribution is 7.92. The van der Waals surface area contributed by atoms with Gasteiger partial charge in [0.15, 0.2) is 0 Å². The zero-order valence-corrected chi connectivity index (χ0v) is 17.9. The maximum atomic E-state index is 12.1. The molecule has 2 aromatic carbocycles. The first-order chi connectivity index (χ1) is 14.8. The van der Waals surface area contributed by atoms with E-state index in [1.165, 1.54) is 6.07 Å². The predicted octanol–water partition coefficient (Wildman–Crippen LogP) is 3.47. The number of carbonyl (C=O) groups is 1. The third-order valence-electron chi connectivity index (χ3n) is 4.68. The molecule has 162 valence electrons. The second-order valence-electron chi connectivity index (χ2n) is 6.96. The van der Waals surface area contributed by atoms with Crippen molar-refractivity contribution in [1.29, 1.82) is 0 Å². The molecule has 0 saturated heterocycles. The Morgan fingerprint density at radius 1 is 1.29 bits per heavy atom. The molecule has 0 spiro atoms. The minimum atomic E-state index is -3.88. The molecule has 0 fully saturated rings. The van der Waals surface area contributed by atoms with Crippen molar-refractivity contribution >= 4 is 51.1 Å². The monoisotopic (exact) mass is 462 g/mol. The number of benzene rings is 2. The van der Waals surface area contributed by atoms with Gasteiger partial charge in [-0.3, -0.25) is 14.5 Å². The molecular formula is C20H19ClN4O5S. The van der Waals surface area contributed by atoms with Crippen molar-refractivity contribution in [3.8, 4) is 11.5 Å². The average Bonchev–Trinajstić information content (AvgIpc) is 2.75. The molecule has 0 atom stereocenters. The molecule has 0 radical (unpaired) electrons. The smallest absolute Gasteiger partial charge is 0.304 e. The molecule has 2 aromatic rings. The number of carboxylic acid groups (broad SMARTS) is 1. The lowest BCUT2D eigenvalue weighted by atomic mass is 10.1. The van der Waals surface area contributed by atoms with Gasteiger partial charge in [-0.25, -0.2) is 13.4 Å². The second kappa shape index (κ2) is 8.56. The SMILES string of the molecule is O=C(O)CCS(=O)(=O)Nc1cccc(Oc2ccc3c(c2)C2=NCCCN2C=N3)c1Cl. The summed E-state index contributed by atoms with van der Waals surface area (Å²) in [4.78, 5) is 21.7. The molecule has 0 aromatic heterocycles. The van der Waals surface area contributed by atoms with E-state index in [1.54, 1.807) is 24.5 Å². The van der Waals surface area contributed by atoms with E-state index in [9.17, 15) is 13.2 Å². The maximum Gasteiger partial charge on any atom is 0.304 e. The molecule has 2 N–H and O–H groups in total. The van der Waals surface area contributed by atoms with E-state index in [2.05, 4.69) is 14.7 Å². The van der Waals surface area contributed by atoms with Gasteiger partial charge < -0.3 is 14.7 Å². The number of halogens is 1. The third kappa shape index (κ3) is 4.80. The largest absolute Gasteiger partial charge is 0.481 e. The van der Waals surface area contributed by atoms with E-state index in [4.69, 9.17) is 21.4 Å². The second-order valence-corrected chi connectivity index (χ2v) is 9.18. The molecule has 0 amide bonds. The minimum absolute atomic E-state index is 0.0637. The molecule has 2 aliphatic rings. The van der Waals surface area contributed by atoms with Crippen molar-refractivity contribution in [1.82, 2.24) is 4.90 Å². The number of aliphatic carboxylic acids is 1. The quantitative estimate of drug-likeness (QED) is 0.649. The Morgan fingerprint density at radius 2 is 2.13 bits per heavy atom. The molecule has 9 nitrogen and oxygen atoms in total. The molecule has 2 aliphatic heterocycles. The summed E-state index contributed by atoms with van der Waals surface area (Å²) in [5, 5.41) is 8.77. The van der Waals surface area contributed by atoms with Crippen LogP contribution in [0.3, 0.4) is 0 Å². The Kier molecular flexibility index (Phi) is 5.84.